The number of methoxy groups -OCH3 is 1. The smallest absolute Gasteiger partial charge is 0.254 e. The van der Waals surface area contributed by atoms with Crippen molar-refractivity contribution >= 4 is 5.91 Å². The fourth-order valence-electron chi connectivity index (χ4n) is 2.65. The van der Waals surface area contributed by atoms with E-state index < -0.39 is 0 Å². The molecular weight excluding hydrogens is 316 g/mol. The molecule has 0 aliphatic carbocycles. The number of nitrogens with zero attached hydrogens (tertiary/aromatic N) is 3. The van der Waals surface area contributed by atoms with Crippen LogP contribution in [0.25, 0.3) is 5.69 Å². The summed E-state index contributed by atoms with van der Waals surface area (Å²) in [5.74, 6) is 0.533. The van der Waals surface area contributed by atoms with Gasteiger partial charge in [-0.1, -0.05) is 19.1 Å². The maximum absolute atomic E-state index is 12.6. The highest BCUT2D eigenvalue weighted by Crippen LogP contribution is 2.22. The van der Waals surface area contributed by atoms with Crippen molar-refractivity contribution in [3.63, 3.8) is 0 Å². The van der Waals surface area contributed by atoms with E-state index in [1.54, 1.807) is 36.6 Å². The fourth-order valence-corrected chi connectivity index (χ4v) is 2.65. The molecule has 0 aliphatic rings. The predicted octanol–water partition coefficient (Wildman–Crippen LogP) is 3.16. The van der Waals surface area contributed by atoms with Gasteiger partial charge in [-0.2, -0.15) is 5.10 Å². The van der Waals surface area contributed by atoms with E-state index in [2.05, 4.69) is 15.4 Å². The van der Waals surface area contributed by atoms with Crippen LogP contribution in [0.15, 0.2) is 61.2 Å². The van der Waals surface area contributed by atoms with Crippen LogP contribution in [0.2, 0.25) is 0 Å². The second kappa shape index (κ2) is 7.61. The Kier molecular flexibility index (Phi) is 5.09. The minimum absolute atomic E-state index is 0.0647. The Balaban J connectivity index is 1.79. The van der Waals surface area contributed by atoms with Crippen LogP contribution in [0.1, 0.15) is 35.3 Å². The zero-order valence-electron chi connectivity index (χ0n) is 14.2. The minimum atomic E-state index is -0.162. The van der Waals surface area contributed by atoms with Gasteiger partial charge in [0.25, 0.3) is 5.91 Å². The second-order valence-electron chi connectivity index (χ2n) is 5.56. The van der Waals surface area contributed by atoms with Crippen molar-refractivity contribution in [1.29, 1.82) is 0 Å². The first-order valence-corrected chi connectivity index (χ1v) is 8.11. The molecule has 6 heteroatoms. The van der Waals surface area contributed by atoms with Gasteiger partial charge in [0, 0.05) is 18.6 Å². The van der Waals surface area contributed by atoms with E-state index in [1.807, 2.05) is 43.3 Å². The summed E-state index contributed by atoms with van der Waals surface area (Å²) in [6.45, 7) is 2.03. The number of rotatable bonds is 6. The van der Waals surface area contributed by atoms with Gasteiger partial charge in [0.15, 0.2) is 0 Å². The van der Waals surface area contributed by atoms with Crippen LogP contribution in [-0.2, 0) is 0 Å². The van der Waals surface area contributed by atoms with Crippen LogP contribution in [0.5, 0.6) is 5.75 Å². The molecule has 0 saturated heterocycles. The van der Waals surface area contributed by atoms with E-state index in [4.69, 9.17) is 4.74 Å². The predicted molar refractivity (Wildman–Crippen MR) is 94.9 cm³/mol. The summed E-state index contributed by atoms with van der Waals surface area (Å²) in [7, 11) is 1.61. The number of hydrogen-bond donors (Lipinski definition) is 1. The molecule has 128 valence electrons. The Morgan fingerprint density at radius 3 is 2.72 bits per heavy atom. The Morgan fingerprint density at radius 1 is 1.24 bits per heavy atom. The van der Waals surface area contributed by atoms with E-state index in [0.717, 1.165) is 17.7 Å². The maximum atomic E-state index is 12.6. The van der Waals surface area contributed by atoms with Crippen molar-refractivity contribution in [3.8, 4) is 11.4 Å². The van der Waals surface area contributed by atoms with E-state index in [-0.39, 0.29) is 11.9 Å². The highest BCUT2D eigenvalue weighted by molar-refractivity contribution is 5.94. The van der Waals surface area contributed by atoms with Crippen LogP contribution < -0.4 is 10.1 Å². The number of carbonyl (C=O) groups is 1. The van der Waals surface area contributed by atoms with Crippen LogP contribution in [0.3, 0.4) is 0 Å². The molecule has 0 bridgehead atoms. The summed E-state index contributed by atoms with van der Waals surface area (Å²) in [5.41, 5.74) is 2.31. The third kappa shape index (κ3) is 3.68. The van der Waals surface area contributed by atoms with Crippen molar-refractivity contribution in [1.82, 2.24) is 20.1 Å². The number of benzene rings is 1. The van der Waals surface area contributed by atoms with Crippen LogP contribution >= 0.6 is 0 Å². The minimum Gasteiger partial charge on any atom is -0.494 e. The number of pyridine rings is 1. The molecule has 1 amide bonds. The molecule has 3 rings (SSSR count). The van der Waals surface area contributed by atoms with Gasteiger partial charge >= 0.3 is 0 Å². The largest absolute Gasteiger partial charge is 0.494 e. The standard InChI is InChI=1S/C19H20N4O2/c1-3-16(14-8-10-20-11-9-14)22-19(24)15-12-21-23(13-15)17-6-4-5-7-18(17)25-2/h4-13,16H,3H2,1-2H3,(H,22,24)/t16-/m0/s1. The topological polar surface area (TPSA) is 69.0 Å². The first-order chi connectivity index (χ1) is 12.2. The van der Waals surface area contributed by atoms with Gasteiger partial charge in [0.2, 0.25) is 0 Å². The summed E-state index contributed by atoms with van der Waals surface area (Å²) in [6.07, 6.45) is 7.50. The van der Waals surface area contributed by atoms with E-state index in [1.165, 1.54) is 0 Å². The maximum Gasteiger partial charge on any atom is 0.254 e. The first kappa shape index (κ1) is 16.7. The van der Waals surface area contributed by atoms with Gasteiger partial charge in [-0.3, -0.25) is 9.78 Å². The quantitative estimate of drug-likeness (QED) is 0.751. The molecule has 0 unspecified atom stereocenters. The molecule has 0 spiro atoms. The SMILES string of the molecule is CC[C@H](NC(=O)c1cnn(-c2ccccc2OC)c1)c1ccncc1. The molecule has 25 heavy (non-hydrogen) atoms. The van der Waals surface area contributed by atoms with Crippen molar-refractivity contribution in [3.05, 3.63) is 72.3 Å². The number of nitrogens with one attached hydrogen (secondary N) is 1. The first-order valence-electron chi connectivity index (χ1n) is 8.11. The third-order valence-electron chi connectivity index (χ3n) is 4.00. The molecule has 1 N–H and O–H groups in total. The zero-order chi connectivity index (χ0) is 17.6. The van der Waals surface area contributed by atoms with Gasteiger partial charge in [-0.25, -0.2) is 4.68 Å². The van der Waals surface area contributed by atoms with Crippen molar-refractivity contribution < 1.29 is 9.53 Å². The highest BCUT2D eigenvalue weighted by atomic mass is 16.5. The summed E-state index contributed by atoms with van der Waals surface area (Å²) in [6, 6.07) is 11.3. The molecule has 0 saturated carbocycles. The molecule has 2 aromatic heterocycles. The number of amides is 1. The molecule has 0 fully saturated rings. The number of aromatic nitrogens is 3. The van der Waals surface area contributed by atoms with E-state index >= 15 is 0 Å². The van der Waals surface area contributed by atoms with Crippen molar-refractivity contribution in [2.75, 3.05) is 7.11 Å². The van der Waals surface area contributed by atoms with Crippen molar-refractivity contribution in [2.24, 2.45) is 0 Å². The van der Waals surface area contributed by atoms with E-state index in [0.29, 0.717) is 11.3 Å². The lowest BCUT2D eigenvalue weighted by molar-refractivity contribution is 0.0935. The van der Waals surface area contributed by atoms with Crippen LogP contribution in [0, 0.1) is 0 Å². The van der Waals surface area contributed by atoms with Gasteiger partial charge < -0.3 is 10.1 Å². The van der Waals surface area contributed by atoms with Gasteiger partial charge in [0.05, 0.1) is 24.9 Å². The normalized spacial score (nSPS) is 11.8. The summed E-state index contributed by atoms with van der Waals surface area (Å²) in [5, 5.41) is 7.33. The Bertz CT molecular complexity index is 845. The lowest BCUT2D eigenvalue weighted by Crippen LogP contribution is -2.27. The summed E-state index contributed by atoms with van der Waals surface area (Å²) >= 11 is 0. The fraction of sp³-hybridized carbons (Fsp3) is 0.211. The molecule has 6 nitrogen and oxygen atoms in total. The monoisotopic (exact) mass is 336 g/mol. The molecule has 3 aromatic rings. The van der Waals surface area contributed by atoms with Crippen molar-refractivity contribution in [2.45, 2.75) is 19.4 Å². The molecule has 0 aliphatic heterocycles. The van der Waals surface area contributed by atoms with Gasteiger partial charge in [-0.15, -0.1) is 0 Å². The highest BCUT2D eigenvalue weighted by Gasteiger charge is 2.16. The average Bonchev–Trinajstić information content (AvgIpc) is 3.16. The van der Waals surface area contributed by atoms with E-state index in [9.17, 15) is 4.79 Å². The molecule has 1 aromatic carbocycles. The van der Waals surface area contributed by atoms with Crippen LogP contribution in [0.4, 0.5) is 0 Å². The Hall–Kier alpha value is -3.15. The van der Waals surface area contributed by atoms with Gasteiger partial charge in [-0.05, 0) is 36.2 Å². The van der Waals surface area contributed by atoms with Gasteiger partial charge in [0.1, 0.15) is 11.4 Å². The number of para-hydroxylation sites is 2. The Labute approximate surface area is 146 Å². The third-order valence-corrected chi connectivity index (χ3v) is 4.00. The van der Waals surface area contributed by atoms with Crippen LogP contribution in [-0.4, -0.2) is 27.8 Å². The lowest BCUT2D eigenvalue weighted by Gasteiger charge is -2.16. The Morgan fingerprint density at radius 2 is 2.00 bits per heavy atom. The lowest BCUT2D eigenvalue weighted by atomic mass is 10.1. The summed E-state index contributed by atoms with van der Waals surface area (Å²) in [4.78, 5) is 16.6. The molecule has 2 heterocycles. The zero-order valence-corrected chi connectivity index (χ0v) is 14.2. The second-order valence-corrected chi connectivity index (χ2v) is 5.56. The summed E-state index contributed by atoms with van der Waals surface area (Å²) < 4.78 is 6.98. The average molecular weight is 336 g/mol. The molecule has 1 atom stereocenters. The molecule has 0 radical (unpaired) electrons. The number of hydrogen-bond acceptors (Lipinski definition) is 4. The number of ether oxygens (including phenoxy) is 1. The number of carbonyl (C=O) groups excluding carboxylic acids is 1. The molecular formula is C19H20N4O2.